The van der Waals surface area contributed by atoms with Crippen molar-refractivity contribution in [1.29, 1.82) is 0 Å². The Morgan fingerprint density at radius 2 is 1.68 bits per heavy atom. The molecule has 0 saturated carbocycles. The van der Waals surface area contributed by atoms with E-state index in [1.165, 1.54) is 31.5 Å². The van der Waals surface area contributed by atoms with Gasteiger partial charge in [-0.1, -0.05) is 6.07 Å². The molecule has 28 heavy (non-hydrogen) atoms. The number of nitrogens with one attached hydrogen (secondary N) is 1. The van der Waals surface area contributed by atoms with Gasteiger partial charge in [-0.25, -0.2) is 22.0 Å². The van der Waals surface area contributed by atoms with Crippen molar-refractivity contribution in [2.45, 2.75) is 6.54 Å². The molecule has 0 unspecified atom stereocenters. The first-order valence-corrected chi connectivity index (χ1v) is 7.81. The zero-order valence-electron chi connectivity index (χ0n) is 14.3. The summed E-state index contributed by atoms with van der Waals surface area (Å²) in [6.45, 7) is -0.721. The maximum atomic E-state index is 13.8. The van der Waals surface area contributed by atoms with Crippen LogP contribution in [0.25, 0.3) is 0 Å². The van der Waals surface area contributed by atoms with E-state index in [0.29, 0.717) is 5.75 Å². The summed E-state index contributed by atoms with van der Waals surface area (Å²) in [6.07, 6.45) is 1.22. The SMILES string of the molecule is COc1cccc(C(=O)Nc2ccn(Cc3c(F)c(F)c(F)c(F)c3F)n2)c1. The lowest BCUT2D eigenvalue weighted by Crippen LogP contribution is -2.14. The zero-order chi connectivity index (χ0) is 20.4. The molecule has 2 aromatic carbocycles. The van der Waals surface area contributed by atoms with E-state index in [9.17, 15) is 26.7 Å². The third-order valence-corrected chi connectivity index (χ3v) is 3.84. The van der Waals surface area contributed by atoms with E-state index in [-0.39, 0.29) is 11.4 Å². The molecular formula is C18H12F5N3O2. The van der Waals surface area contributed by atoms with Crippen molar-refractivity contribution in [2.75, 3.05) is 12.4 Å². The first kappa shape index (κ1) is 19.3. The van der Waals surface area contributed by atoms with Gasteiger partial charge in [0, 0.05) is 17.8 Å². The average molecular weight is 397 g/mol. The third-order valence-electron chi connectivity index (χ3n) is 3.84. The number of halogens is 5. The van der Waals surface area contributed by atoms with Crippen LogP contribution in [0.2, 0.25) is 0 Å². The van der Waals surface area contributed by atoms with Gasteiger partial charge in [0.2, 0.25) is 5.82 Å². The van der Waals surface area contributed by atoms with Crippen LogP contribution in [0.1, 0.15) is 15.9 Å². The second-order valence-corrected chi connectivity index (χ2v) is 5.63. The number of carbonyl (C=O) groups is 1. The van der Waals surface area contributed by atoms with Crippen LogP contribution >= 0.6 is 0 Å². The number of hydrogen-bond donors (Lipinski definition) is 1. The predicted molar refractivity (Wildman–Crippen MR) is 88.5 cm³/mol. The Kier molecular flexibility index (Phi) is 5.30. The van der Waals surface area contributed by atoms with E-state index in [4.69, 9.17) is 4.74 Å². The van der Waals surface area contributed by atoms with Crippen LogP contribution in [0.15, 0.2) is 36.5 Å². The second-order valence-electron chi connectivity index (χ2n) is 5.63. The van der Waals surface area contributed by atoms with Gasteiger partial charge in [0.15, 0.2) is 29.1 Å². The summed E-state index contributed by atoms with van der Waals surface area (Å²) in [5.41, 5.74) is -0.765. The second kappa shape index (κ2) is 7.67. The first-order valence-electron chi connectivity index (χ1n) is 7.81. The van der Waals surface area contributed by atoms with E-state index < -0.39 is 47.1 Å². The molecule has 10 heteroatoms. The minimum atomic E-state index is -2.23. The normalized spacial score (nSPS) is 10.8. The number of methoxy groups -OCH3 is 1. The van der Waals surface area contributed by atoms with E-state index in [0.717, 1.165) is 4.68 Å². The molecule has 0 aliphatic carbocycles. The van der Waals surface area contributed by atoms with Gasteiger partial charge in [-0.15, -0.1) is 0 Å². The Hall–Kier alpha value is -3.43. The highest BCUT2D eigenvalue weighted by Crippen LogP contribution is 2.24. The smallest absolute Gasteiger partial charge is 0.256 e. The Morgan fingerprint density at radius 3 is 2.32 bits per heavy atom. The molecule has 3 rings (SSSR count). The Bertz CT molecular complexity index is 1020. The van der Waals surface area contributed by atoms with Crippen molar-refractivity contribution in [2.24, 2.45) is 0 Å². The molecule has 0 aliphatic heterocycles. The minimum Gasteiger partial charge on any atom is -0.497 e. The predicted octanol–water partition coefficient (Wildman–Crippen LogP) is 3.89. The minimum absolute atomic E-state index is 0.0247. The summed E-state index contributed by atoms with van der Waals surface area (Å²) in [7, 11) is 1.44. The zero-order valence-corrected chi connectivity index (χ0v) is 14.3. The van der Waals surface area contributed by atoms with Gasteiger partial charge in [-0.2, -0.15) is 5.10 Å². The van der Waals surface area contributed by atoms with Gasteiger partial charge in [0.1, 0.15) is 5.75 Å². The Balaban J connectivity index is 1.79. The molecule has 5 nitrogen and oxygen atoms in total. The number of amides is 1. The number of hydrogen-bond acceptors (Lipinski definition) is 3. The molecule has 1 aromatic heterocycles. The number of anilines is 1. The molecule has 0 spiro atoms. The van der Waals surface area contributed by atoms with Crippen molar-refractivity contribution in [3.8, 4) is 5.75 Å². The van der Waals surface area contributed by atoms with Gasteiger partial charge in [-0.3, -0.25) is 9.48 Å². The van der Waals surface area contributed by atoms with E-state index >= 15 is 0 Å². The van der Waals surface area contributed by atoms with Crippen molar-refractivity contribution in [1.82, 2.24) is 9.78 Å². The van der Waals surface area contributed by atoms with Gasteiger partial charge in [0.25, 0.3) is 5.91 Å². The first-order chi connectivity index (χ1) is 13.3. The fourth-order valence-corrected chi connectivity index (χ4v) is 2.42. The molecule has 0 aliphatic rings. The Labute approximate surface area is 155 Å². The summed E-state index contributed by atoms with van der Waals surface area (Å²) in [5.74, 6) is -10.2. The summed E-state index contributed by atoms with van der Waals surface area (Å²) < 4.78 is 73.1. The maximum absolute atomic E-state index is 13.8. The molecule has 146 valence electrons. The van der Waals surface area contributed by atoms with E-state index in [1.807, 2.05) is 0 Å². The third kappa shape index (κ3) is 3.66. The highest BCUT2D eigenvalue weighted by atomic mass is 19.2. The lowest BCUT2D eigenvalue weighted by atomic mass is 10.1. The monoisotopic (exact) mass is 397 g/mol. The molecule has 0 bridgehead atoms. The van der Waals surface area contributed by atoms with Crippen molar-refractivity contribution >= 4 is 11.7 Å². The molecule has 1 heterocycles. The standard InChI is InChI=1S/C18H12F5N3O2/c1-28-10-4-2-3-9(7-10)18(27)24-12-5-6-26(25-12)8-11-13(19)15(21)17(23)16(22)14(11)20/h2-7H,8H2,1H3,(H,24,25,27). The number of aromatic nitrogens is 2. The quantitative estimate of drug-likeness (QED) is 0.404. The topological polar surface area (TPSA) is 56.1 Å². The number of benzene rings is 2. The molecule has 0 fully saturated rings. The Morgan fingerprint density at radius 1 is 1.04 bits per heavy atom. The highest BCUT2D eigenvalue weighted by molar-refractivity contribution is 6.03. The van der Waals surface area contributed by atoms with Crippen LogP contribution in [0.4, 0.5) is 27.8 Å². The molecule has 0 radical (unpaired) electrons. The number of rotatable bonds is 5. The van der Waals surface area contributed by atoms with Crippen molar-refractivity contribution in [3.63, 3.8) is 0 Å². The number of nitrogens with zero attached hydrogens (tertiary/aromatic N) is 2. The average Bonchev–Trinajstić information content (AvgIpc) is 3.15. The summed E-state index contributed by atoms with van der Waals surface area (Å²) >= 11 is 0. The fraction of sp³-hybridized carbons (Fsp3) is 0.111. The van der Waals surface area contributed by atoms with Crippen LogP contribution in [0.3, 0.4) is 0 Å². The highest BCUT2D eigenvalue weighted by Gasteiger charge is 2.26. The summed E-state index contributed by atoms with van der Waals surface area (Å²) in [4.78, 5) is 12.2. The summed E-state index contributed by atoms with van der Waals surface area (Å²) in [5, 5.41) is 6.31. The van der Waals surface area contributed by atoms with Gasteiger partial charge < -0.3 is 10.1 Å². The molecule has 1 N–H and O–H groups in total. The summed E-state index contributed by atoms with van der Waals surface area (Å²) in [6, 6.07) is 7.58. The van der Waals surface area contributed by atoms with Crippen LogP contribution in [-0.4, -0.2) is 22.8 Å². The van der Waals surface area contributed by atoms with E-state index in [2.05, 4.69) is 10.4 Å². The van der Waals surface area contributed by atoms with Crippen molar-refractivity contribution < 1.29 is 31.5 Å². The molecule has 0 saturated heterocycles. The van der Waals surface area contributed by atoms with Crippen LogP contribution in [0.5, 0.6) is 5.75 Å². The maximum Gasteiger partial charge on any atom is 0.256 e. The molecule has 1 amide bonds. The number of ether oxygens (including phenoxy) is 1. The van der Waals surface area contributed by atoms with Crippen LogP contribution in [-0.2, 0) is 6.54 Å². The molecule has 3 aromatic rings. The van der Waals surface area contributed by atoms with Gasteiger partial charge in [-0.05, 0) is 18.2 Å². The lowest BCUT2D eigenvalue weighted by Gasteiger charge is -2.08. The fourth-order valence-electron chi connectivity index (χ4n) is 2.42. The van der Waals surface area contributed by atoms with Gasteiger partial charge in [0.05, 0.1) is 19.2 Å². The van der Waals surface area contributed by atoms with Crippen LogP contribution in [0, 0.1) is 29.1 Å². The number of carbonyl (C=O) groups excluding carboxylic acids is 1. The van der Waals surface area contributed by atoms with Crippen LogP contribution < -0.4 is 10.1 Å². The van der Waals surface area contributed by atoms with E-state index in [1.54, 1.807) is 12.1 Å². The van der Waals surface area contributed by atoms with Crippen molar-refractivity contribution in [3.05, 3.63) is 76.7 Å². The molecule has 0 atom stereocenters. The lowest BCUT2D eigenvalue weighted by molar-refractivity contribution is 0.102. The largest absolute Gasteiger partial charge is 0.497 e. The van der Waals surface area contributed by atoms with Gasteiger partial charge >= 0.3 is 0 Å². The molecular weight excluding hydrogens is 385 g/mol.